The molecule has 1 fully saturated rings. The zero-order valence-electron chi connectivity index (χ0n) is 8.49. The Kier molecular flexibility index (Phi) is 3.54. The van der Waals surface area contributed by atoms with Crippen LogP contribution in [0.2, 0.25) is 0 Å². The summed E-state index contributed by atoms with van der Waals surface area (Å²) in [6.07, 6.45) is 2.17. The Bertz CT molecular complexity index is 403. The third-order valence-corrected chi connectivity index (χ3v) is 3.55. The first kappa shape index (κ1) is 11.9. The highest BCUT2D eigenvalue weighted by Gasteiger charge is 2.22. The molecule has 1 aromatic rings. The molecule has 1 saturated heterocycles. The van der Waals surface area contributed by atoms with Gasteiger partial charge in [0.05, 0.1) is 4.47 Å². The molecule has 1 N–H and O–H groups in total. The number of nitrogens with one attached hydrogen (secondary N) is 1. The topological polar surface area (TPSA) is 12.0 Å². The van der Waals surface area contributed by atoms with E-state index >= 15 is 0 Å². The second-order valence-corrected chi connectivity index (χ2v) is 4.74. The molecule has 0 aliphatic carbocycles. The van der Waals surface area contributed by atoms with Crippen molar-refractivity contribution in [3.8, 4) is 0 Å². The SMILES string of the molecule is Fc1cc(F)c(CC2CCCN2)c(F)c1Br. The van der Waals surface area contributed by atoms with E-state index in [1.165, 1.54) is 0 Å². The van der Waals surface area contributed by atoms with Gasteiger partial charge in [0.15, 0.2) is 0 Å². The fourth-order valence-corrected chi connectivity index (χ4v) is 2.32. The summed E-state index contributed by atoms with van der Waals surface area (Å²) in [5.41, 5.74) is -0.0484. The molecule has 0 amide bonds. The number of hydrogen-bond donors (Lipinski definition) is 1. The van der Waals surface area contributed by atoms with E-state index in [0.29, 0.717) is 0 Å². The fraction of sp³-hybridized carbons (Fsp3) is 0.455. The molecule has 1 unspecified atom stereocenters. The van der Waals surface area contributed by atoms with Gasteiger partial charge in [-0.25, -0.2) is 13.2 Å². The lowest BCUT2D eigenvalue weighted by molar-refractivity contribution is 0.494. The minimum Gasteiger partial charge on any atom is -0.314 e. The predicted molar refractivity (Wildman–Crippen MR) is 58.7 cm³/mol. The highest BCUT2D eigenvalue weighted by molar-refractivity contribution is 9.10. The largest absolute Gasteiger partial charge is 0.314 e. The molecule has 1 aliphatic rings. The Hall–Kier alpha value is -0.550. The molecule has 2 rings (SSSR count). The Morgan fingerprint density at radius 3 is 2.69 bits per heavy atom. The van der Waals surface area contributed by atoms with E-state index in [1.807, 2.05) is 0 Å². The van der Waals surface area contributed by atoms with E-state index in [4.69, 9.17) is 0 Å². The van der Waals surface area contributed by atoms with Gasteiger partial charge in [0, 0.05) is 17.7 Å². The summed E-state index contributed by atoms with van der Waals surface area (Å²) < 4.78 is 39.7. The summed E-state index contributed by atoms with van der Waals surface area (Å²) in [5.74, 6) is -2.55. The van der Waals surface area contributed by atoms with E-state index in [-0.39, 0.29) is 22.5 Å². The standard InChI is InChI=1S/C11H11BrF3N/c12-10-9(14)5-8(13)7(11(10)15)4-6-2-1-3-16-6/h5-6,16H,1-4H2. The van der Waals surface area contributed by atoms with Crippen LogP contribution in [0.1, 0.15) is 18.4 Å². The van der Waals surface area contributed by atoms with Crippen LogP contribution in [-0.2, 0) is 6.42 Å². The van der Waals surface area contributed by atoms with Gasteiger partial charge in [0.2, 0.25) is 0 Å². The molecular weight excluding hydrogens is 283 g/mol. The quantitative estimate of drug-likeness (QED) is 0.652. The molecule has 0 bridgehead atoms. The van der Waals surface area contributed by atoms with Crippen LogP contribution in [0.5, 0.6) is 0 Å². The highest BCUT2D eigenvalue weighted by Crippen LogP contribution is 2.27. The zero-order chi connectivity index (χ0) is 11.7. The van der Waals surface area contributed by atoms with E-state index in [9.17, 15) is 13.2 Å². The van der Waals surface area contributed by atoms with Crippen LogP contribution in [0.3, 0.4) is 0 Å². The average molecular weight is 294 g/mol. The van der Waals surface area contributed by atoms with Gasteiger partial charge in [-0.3, -0.25) is 0 Å². The van der Waals surface area contributed by atoms with Gasteiger partial charge >= 0.3 is 0 Å². The minimum absolute atomic E-state index is 0.0484. The van der Waals surface area contributed by atoms with Gasteiger partial charge in [0.1, 0.15) is 17.5 Å². The third-order valence-electron chi connectivity index (χ3n) is 2.82. The highest BCUT2D eigenvalue weighted by atomic mass is 79.9. The van der Waals surface area contributed by atoms with Crippen molar-refractivity contribution in [2.45, 2.75) is 25.3 Å². The van der Waals surface area contributed by atoms with Crippen molar-refractivity contribution < 1.29 is 13.2 Å². The Morgan fingerprint density at radius 2 is 2.06 bits per heavy atom. The molecule has 1 atom stereocenters. The summed E-state index contributed by atoms with van der Waals surface area (Å²) in [7, 11) is 0. The minimum atomic E-state index is -0.905. The van der Waals surface area contributed by atoms with E-state index < -0.39 is 17.5 Å². The van der Waals surface area contributed by atoms with Crippen molar-refractivity contribution in [3.63, 3.8) is 0 Å². The van der Waals surface area contributed by atoms with Gasteiger partial charge in [0.25, 0.3) is 0 Å². The molecule has 1 aromatic carbocycles. The maximum atomic E-state index is 13.6. The first-order valence-corrected chi connectivity index (χ1v) is 5.94. The molecule has 16 heavy (non-hydrogen) atoms. The Balaban J connectivity index is 2.28. The van der Waals surface area contributed by atoms with Crippen LogP contribution in [0.4, 0.5) is 13.2 Å². The summed E-state index contributed by atoms with van der Waals surface area (Å²) in [6, 6.07) is 0.804. The summed E-state index contributed by atoms with van der Waals surface area (Å²) >= 11 is 2.78. The molecule has 5 heteroatoms. The second-order valence-electron chi connectivity index (χ2n) is 3.94. The van der Waals surface area contributed by atoms with Crippen molar-refractivity contribution >= 4 is 15.9 Å². The number of hydrogen-bond acceptors (Lipinski definition) is 1. The number of benzene rings is 1. The molecule has 0 radical (unpaired) electrons. The van der Waals surface area contributed by atoms with Gasteiger partial charge in [-0.1, -0.05) is 0 Å². The molecule has 88 valence electrons. The van der Waals surface area contributed by atoms with Gasteiger partial charge in [-0.2, -0.15) is 0 Å². The molecule has 1 nitrogen and oxygen atoms in total. The predicted octanol–water partition coefficient (Wildman–Crippen LogP) is 3.16. The lowest BCUT2D eigenvalue weighted by Crippen LogP contribution is -2.24. The lowest BCUT2D eigenvalue weighted by Gasteiger charge is -2.12. The van der Waals surface area contributed by atoms with Crippen LogP contribution in [0, 0.1) is 17.5 Å². The molecular formula is C11H11BrF3N. The maximum absolute atomic E-state index is 13.6. The second kappa shape index (κ2) is 4.75. The van der Waals surface area contributed by atoms with Crippen molar-refractivity contribution in [2.75, 3.05) is 6.54 Å². The van der Waals surface area contributed by atoms with Gasteiger partial charge in [-0.15, -0.1) is 0 Å². The molecule has 0 spiro atoms. The van der Waals surface area contributed by atoms with E-state index in [0.717, 1.165) is 25.5 Å². The summed E-state index contributed by atoms with van der Waals surface area (Å²) in [6.45, 7) is 0.871. The molecule has 0 aromatic heterocycles. The number of halogens is 4. The first-order valence-electron chi connectivity index (χ1n) is 5.15. The van der Waals surface area contributed by atoms with Gasteiger partial charge in [-0.05, 0) is 41.7 Å². The third kappa shape index (κ3) is 2.25. The zero-order valence-corrected chi connectivity index (χ0v) is 10.1. The van der Waals surface area contributed by atoms with E-state index in [1.54, 1.807) is 0 Å². The Labute approximate surface area is 100 Å². The Morgan fingerprint density at radius 1 is 1.31 bits per heavy atom. The average Bonchev–Trinajstić information content (AvgIpc) is 2.74. The smallest absolute Gasteiger partial charge is 0.146 e. The van der Waals surface area contributed by atoms with Crippen LogP contribution in [0.15, 0.2) is 10.5 Å². The lowest BCUT2D eigenvalue weighted by atomic mass is 10.0. The van der Waals surface area contributed by atoms with Crippen molar-refractivity contribution in [1.29, 1.82) is 0 Å². The normalized spacial score (nSPS) is 20.4. The van der Waals surface area contributed by atoms with Crippen LogP contribution in [-0.4, -0.2) is 12.6 Å². The molecule has 1 heterocycles. The van der Waals surface area contributed by atoms with Crippen LogP contribution < -0.4 is 5.32 Å². The van der Waals surface area contributed by atoms with Crippen molar-refractivity contribution in [3.05, 3.63) is 33.6 Å². The van der Waals surface area contributed by atoms with Crippen LogP contribution in [0.25, 0.3) is 0 Å². The van der Waals surface area contributed by atoms with Crippen LogP contribution >= 0.6 is 15.9 Å². The summed E-state index contributed by atoms with van der Waals surface area (Å²) in [5, 5.41) is 3.15. The van der Waals surface area contributed by atoms with Gasteiger partial charge < -0.3 is 5.32 Å². The molecule has 0 saturated carbocycles. The fourth-order valence-electron chi connectivity index (χ4n) is 1.97. The summed E-state index contributed by atoms with van der Waals surface area (Å²) in [4.78, 5) is 0. The molecule has 1 aliphatic heterocycles. The number of rotatable bonds is 2. The van der Waals surface area contributed by atoms with E-state index in [2.05, 4.69) is 21.2 Å². The first-order chi connectivity index (χ1) is 7.59. The van der Waals surface area contributed by atoms with Crippen molar-refractivity contribution in [1.82, 2.24) is 5.32 Å². The van der Waals surface area contributed by atoms with Crippen molar-refractivity contribution in [2.24, 2.45) is 0 Å². The monoisotopic (exact) mass is 293 g/mol. The maximum Gasteiger partial charge on any atom is 0.146 e.